The van der Waals surface area contributed by atoms with E-state index in [0.717, 1.165) is 30.9 Å². The summed E-state index contributed by atoms with van der Waals surface area (Å²) in [7, 11) is 1.69. The van der Waals surface area contributed by atoms with Crippen molar-refractivity contribution in [1.29, 1.82) is 0 Å². The normalized spacial score (nSPS) is 15.3. The van der Waals surface area contributed by atoms with Gasteiger partial charge in [0.15, 0.2) is 11.2 Å². The van der Waals surface area contributed by atoms with Gasteiger partial charge in [-0.3, -0.25) is 13.9 Å². The molecule has 0 amide bonds. The Kier molecular flexibility index (Phi) is 5.64. The van der Waals surface area contributed by atoms with Gasteiger partial charge in [-0.05, 0) is 52.3 Å². The van der Waals surface area contributed by atoms with Gasteiger partial charge in [0, 0.05) is 32.4 Å². The van der Waals surface area contributed by atoms with Crippen molar-refractivity contribution >= 4 is 11.2 Å². The molecule has 3 aromatic heterocycles. The van der Waals surface area contributed by atoms with Crippen molar-refractivity contribution in [2.45, 2.75) is 59.5 Å². The van der Waals surface area contributed by atoms with Gasteiger partial charge < -0.3 is 9.47 Å². The smallest absolute Gasteiger partial charge is 0.302 e. The molecule has 1 aliphatic heterocycles. The molecule has 0 atom stereocenters. The molecule has 0 N–H and O–H groups in total. The highest BCUT2D eigenvalue weighted by atomic mass is 16.2. The highest BCUT2D eigenvalue weighted by Gasteiger charge is 2.22. The number of rotatable bonds is 6. The summed E-state index contributed by atoms with van der Waals surface area (Å²) in [5.41, 5.74) is 2.13. The third kappa shape index (κ3) is 3.51. The van der Waals surface area contributed by atoms with E-state index >= 15 is 0 Å². The van der Waals surface area contributed by atoms with Crippen LogP contribution >= 0.6 is 0 Å². The van der Waals surface area contributed by atoms with E-state index in [4.69, 9.17) is 4.98 Å². The molecule has 0 unspecified atom stereocenters. The molecule has 0 spiro atoms. The first kappa shape index (κ1) is 20.6. The van der Waals surface area contributed by atoms with Crippen molar-refractivity contribution in [3.8, 4) is 5.95 Å². The fourth-order valence-corrected chi connectivity index (χ4v) is 4.41. The van der Waals surface area contributed by atoms with Crippen LogP contribution in [0.4, 0.5) is 0 Å². The van der Waals surface area contributed by atoms with Gasteiger partial charge in [-0.15, -0.1) is 0 Å². The van der Waals surface area contributed by atoms with Crippen LogP contribution < -0.4 is 11.2 Å². The van der Waals surface area contributed by atoms with E-state index in [-0.39, 0.29) is 11.2 Å². The Bertz CT molecular complexity index is 1170. The SMILES string of the molecule is CCCn1c(-n2nc(C)cc2C)nc2c1c(=O)n(CCN1CCCCC1)c(=O)n2C. The van der Waals surface area contributed by atoms with Gasteiger partial charge in [-0.2, -0.15) is 10.1 Å². The maximum atomic E-state index is 13.4. The maximum Gasteiger partial charge on any atom is 0.332 e. The molecule has 4 rings (SSSR count). The third-order valence-corrected chi connectivity index (χ3v) is 5.95. The van der Waals surface area contributed by atoms with Gasteiger partial charge in [0.05, 0.1) is 5.69 Å². The van der Waals surface area contributed by atoms with Crippen molar-refractivity contribution in [1.82, 2.24) is 33.4 Å². The molecule has 162 valence electrons. The fourth-order valence-electron chi connectivity index (χ4n) is 4.41. The summed E-state index contributed by atoms with van der Waals surface area (Å²) in [5, 5.41) is 4.55. The quantitative estimate of drug-likeness (QED) is 0.613. The number of hydrogen-bond donors (Lipinski definition) is 0. The maximum absolute atomic E-state index is 13.4. The number of nitrogens with zero attached hydrogens (tertiary/aromatic N) is 7. The zero-order chi connectivity index (χ0) is 21.4. The van der Waals surface area contributed by atoms with Gasteiger partial charge in [0.2, 0.25) is 5.95 Å². The number of piperidine rings is 1. The number of aryl methyl sites for hydroxylation is 4. The summed E-state index contributed by atoms with van der Waals surface area (Å²) in [6.07, 6.45) is 4.46. The van der Waals surface area contributed by atoms with Crippen LogP contribution in [0.25, 0.3) is 17.1 Å². The summed E-state index contributed by atoms with van der Waals surface area (Å²) in [4.78, 5) is 33.5. The van der Waals surface area contributed by atoms with Gasteiger partial charge in [0.1, 0.15) is 0 Å². The van der Waals surface area contributed by atoms with E-state index < -0.39 is 0 Å². The molecule has 30 heavy (non-hydrogen) atoms. The Morgan fingerprint density at radius 3 is 2.37 bits per heavy atom. The summed E-state index contributed by atoms with van der Waals surface area (Å²) < 4.78 is 6.53. The molecular formula is C21H31N7O2. The molecular weight excluding hydrogens is 382 g/mol. The Labute approximate surface area is 175 Å². The lowest BCUT2D eigenvalue weighted by atomic mass is 10.1. The average molecular weight is 414 g/mol. The molecule has 0 bridgehead atoms. The van der Waals surface area contributed by atoms with Crippen LogP contribution in [0.3, 0.4) is 0 Å². The minimum Gasteiger partial charge on any atom is -0.302 e. The van der Waals surface area contributed by atoms with Crippen molar-refractivity contribution in [2.75, 3.05) is 19.6 Å². The second-order valence-corrected chi connectivity index (χ2v) is 8.28. The molecule has 9 nitrogen and oxygen atoms in total. The number of fused-ring (bicyclic) bond motifs is 1. The van der Waals surface area contributed by atoms with Crippen LogP contribution in [0, 0.1) is 13.8 Å². The van der Waals surface area contributed by atoms with E-state index in [0.29, 0.717) is 36.7 Å². The number of imidazole rings is 1. The van der Waals surface area contributed by atoms with Crippen LogP contribution in [0.15, 0.2) is 15.7 Å². The van der Waals surface area contributed by atoms with E-state index in [9.17, 15) is 9.59 Å². The number of hydrogen-bond acceptors (Lipinski definition) is 5. The summed E-state index contributed by atoms with van der Waals surface area (Å²) in [5.74, 6) is 0.582. The van der Waals surface area contributed by atoms with Crippen LogP contribution in [0.5, 0.6) is 0 Å². The lowest BCUT2D eigenvalue weighted by Crippen LogP contribution is -2.43. The van der Waals surface area contributed by atoms with Crippen molar-refractivity contribution < 1.29 is 0 Å². The lowest BCUT2D eigenvalue weighted by molar-refractivity contribution is 0.218. The Morgan fingerprint density at radius 1 is 1.00 bits per heavy atom. The Balaban J connectivity index is 1.85. The molecule has 0 radical (unpaired) electrons. The van der Waals surface area contributed by atoms with Crippen LogP contribution in [-0.2, 0) is 20.1 Å². The van der Waals surface area contributed by atoms with Gasteiger partial charge in [-0.1, -0.05) is 13.3 Å². The minimum atomic E-state index is -0.314. The van der Waals surface area contributed by atoms with Gasteiger partial charge in [-0.25, -0.2) is 9.48 Å². The molecule has 9 heteroatoms. The summed E-state index contributed by atoms with van der Waals surface area (Å²) in [6.45, 7) is 9.77. The number of likely N-dealkylation sites (tertiary alicyclic amines) is 1. The van der Waals surface area contributed by atoms with Gasteiger partial charge >= 0.3 is 5.69 Å². The third-order valence-electron chi connectivity index (χ3n) is 5.95. The van der Waals surface area contributed by atoms with Crippen LogP contribution in [-0.4, -0.2) is 53.0 Å². The molecule has 0 aromatic carbocycles. The molecule has 1 aliphatic rings. The zero-order valence-electron chi connectivity index (χ0n) is 18.4. The molecule has 1 saturated heterocycles. The minimum absolute atomic E-state index is 0.265. The summed E-state index contributed by atoms with van der Waals surface area (Å²) in [6, 6.07) is 1.98. The second-order valence-electron chi connectivity index (χ2n) is 8.28. The van der Waals surface area contributed by atoms with E-state index in [1.165, 1.54) is 28.4 Å². The van der Waals surface area contributed by atoms with E-state index in [2.05, 4.69) is 16.9 Å². The summed E-state index contributed by atoms with van der Waals surface area (Å²) >= 11 is 0. The first-order valence-corrected chi connectivity index (χ1v) is 10.9. The molecule has 0 aliphatic carbocycles. The monoisotopic (exact) mass is 413 g/mol. The Hall–Kier alpha value is -2.68. The van der Waals surface area contributed by atoms with Crippen molar-refractivity contribution in [3.63, 3.8) is 0 Å². The number of aromatic nitrogens is 6. The molecule has 0 saturated carbocycles. The average Bonchev–Trinajstić information content (AvgIpc) is 3.27. The molecule has 3 aromatic rings. The van der Waals surface area contributed by atoms with E-state index in [1.54, 1.807) is 11.7 Å². The second kappa shape index (κ2) is 8.22. The predicted molar refractivity (Wildman–Crippen MR) is 116 cm³/mol. The van der Waals surface area contributed by atoms with Gasteiger partial charge in [0.25, 0.3) is 5.56 Å². The Morgan fingerprint density at radius 2 is 1.73 bits per heavy atom. The topological polar surface area (TPSA) is 82.9 Å². The predicted octanol–water partition coefficient (Wildman–Crippen LogP) is 1.60. The molecule has 1 fully saturated rings. The lowest BCUT2D eigenvalue weighted by Gasteiger charge is -2.26. The van der Waals surface area contributed by atoms with Crippen LogP contribution in [0.1, 0.15) is 44.0 Å². The van der Waals surface area contributed by atoms with E-state index in [1.807, 2.05) is 24.5 Å². The largest absolute Gasteiger partial charge is 0.332 e. The van der Waals surface area contributed by atoms with Crippen molar-refractivity contribution in [2.24, 2.45) is 7.05 Å². The highest BCUT2D eigenvalue weighted by molar-refractivity contribution is 5.72. The first-order valence-electron chi connectivity index (χ1n) is 10.9. The fraction of sp³-hybridized carbons (Fsp3) is 0.619. The standard InChI is InChI=1S/C21H31N7O2/c1-5-9-26-17-18(22-20(26)28-16(3)14-15(2)23-28)24(4)21(30)27(19(17)29)13-12-25-10-7-6-8-11-25/h14H,5-13H2,1-4H3. The van der Waals surface area contributed by atoms with Crippen molar-refractivity contribution in [3.05, 3.63) is 38.3 Å². The molecule has 4 heterocycles. The van der Waals surface area contributed by atoms with Crippen LogP contribution in [0.2, 0.25) is 0 Å². The zero-order valence-corrected chi connectivity index (χ0v) is 18.4. The first-order chi connectivity index (χ1) is 14.4. The highest BCUT2D eigenvalue weighted by Crippen LogP contribution is 2.18.